The van der Waals surface area contributed by atoms with Crippen molar-refractivity contribution in [3.63, 3.8) is 0 Å². The highest BCUT2D eigenvalue weighted by molar-refractivity contribution is 4.73. The molecule has 0 aromatic heterocycles. The predicted molar refractivity (Wildman–Crippen MR) is 51.5 cm³/mol. The van der Waals surface area contributed by atoms with E-state index in [4.69, 9.17) is 0 Å². The van der Waals surface area contributed by atoms with Crippen molar-refractivity contribution in [3.8, 4) is 0 Å². The third kappa shape index (κ3) is 7.86. The van der Waals surface area contributed by atoms with Crippen LogP contribution in [0.4, 0.5) is 0 Å². The largest absolute Gasteiger partial charge is 0.309 e. The summed E-state index contributed by atoms with van der Waals surface area (Å²) in [6.45, 7) is 5.71. The van der Waals surface area contributed by atoms with Gasteiger partial charge in [-0.3, -0.25) is 0 Å². The first-order valence-corrected chi connectivity index (χ1v) is 4.64. The van der Waals surface area contributed by atoms with Crippen LogP contribution in [0.5, 0.6) is 0 Å². The van der Waals surface area contributed by atoms with Crippen molar-refractivity contribution in [2.75, 3.05) is 20.6 Å². The van der Waals surface area contributed by atoms with Crippen molar-refractivity contribution >= 4 is 0 Å². The van der Waals surface area contributed by atoms with Crippen LogP contribution < -0.4 is 0 Å². The van der Waals surface area contributed by atoms with E-state index in [2.05, 4.69) is 39.3 Å². The Morgan fingerprint density at radius 2 is 2.00 bits per heavy atom. The molecule has 0 aromatic carbocycles. The predicted octanol–water partition coefficient (Wildman–Crippen LogP) is 2.58. The highest BCUT2D eigenvalue weighted by Crippen LogP contribution is 2.07. The molecule has 0 rings (SSSR count). The SMILES string of the molecule is CCCC[CH]C(C)CN(C)C. The summed E-state index contributed by atoms with van der Waals surface area (Å²) in [6.07, 6.45) is 6.37. The molecule has 1 heteroatoms. The van der Waals surface area contributed by atoms with Crippen molar-refractivity contribution in [1.82, 2.24) is 4.90 Å². The fourth-order valence-corrected chi connectivity index (χ4v) is 1.26. The molecule has 1 radical (unpaired) electrons. The van der Waals surface area contributed by atoms with Gasteiger partial charge in [0.2, 0.25) is 0 Å². The minimum atomic E-state index is 0.747. The van der Waals surface area contributed by atoms with Gasteiger partial charge in [0.1, 0.15) is 0 Å². The molecular weight excluding hydrogens is 134 g/mol. The third-order valence-corrected chi connectivity index (χ3v) is 1.78. The van der Waals surface area contributed by atoms with Crippen LogP contribution in [-0.2, 0) is 0 Å². The van der Waals surface area contributed by atoms with Crippen molar-refractivity contribution < 1.29 is 0 Å². The van der Waals surface area contributed by atoms with Gasteiger partial charge < -0.3 is 4.90 Å². The molecule has 0 fully saturated rings. The van der Waals surface area contributed by atoms with E-state index >= 15 is 0 Å². The average molecular weight is 156 g/mol. The minimum Gasteiger partial charge on any atom is -0.309 e. The van der Waals surface area contributed by atoms with E-state index in [9.17, 15) is 0 Å². The Morgan fingerprint density at radius 1 is 1.36 bits per heavy atom. The van der Waals surface area contributed by atoms with Gasteiger partial charge in [-0.2, -0.15) is 0 Å². The first-order valence-electron chi connectivity index (χ1n) is 4.64. The Kier molecular flexibility index (Phi) is 6.63. The topological polar surface area (TPSA) is 3.24 Å². The molecule has 11 heavy (non-hydrogen) atoms. The van der Waals surface area contributed by atoms with Crippen molar-refractivity contribution in [2.45, 2.75) is 33.1 Å². The van der Waals surface area contributed by atoms with Crippen LogP contribution in [0.25, 0.3) is 0 Å². The second kappa shape index (κ2) is 6.66. The van der Waals surface area contributed by atoms with Crippen LogP contribution in [-0.4, -0.2) is 25.5 Å². The van der Waals surface area contributed by atoms with Crippen molar-refractivity contribution in [2.24, 2.45) is 5.92 Å². The van der Waals surface area contributed by atoms with Gasteiger partial charge in [-0.05, 0) is 32.9 Å². The fourth-order valence-electron chi connectivity index (χ4n) is 1.26. The lowest BCUT2D eigenvalue weighted by Gasteiger charge is -2.15. The zero-order chi connectivity index (χ0) is 8.69. The molecule has 0 heterocycles. The summed E-state index contributed by atoms with van der Waals surface area (Å²) in [7, 11) is 4.26. The lowest BCUT2D eigenvalue weighted by molar-refractivity contribution is 0.356. The summed E-state index contributed by atoms with van der Waals surface area (Å²) in [5, 5.41) is 0. The second-order valence-corrected chi connectivity index (χ2v) is 3.62. The molecule has 0 spiro atoms. The summed E-state index contributed by atoms with van der Waals surface area (Å²) < 4.78 is 0. The van der Waals surface area contributed by atoms with E-state index in [0.29, 0.717) is 0 Å². The highest BCUT2D eigenvalue weighted by Gasteiger charge is 2.02. The molecule has 0 aliphatic heterocycles. The molecule has 0 aliphatic rings. The van der Waals surface area contributed by atoms with Gasteiger partial charge in [-0.15, -0.1) is 0 Å². The van der Waals surface area contributed by atoms with Gasteiger partial charge >= 0.3 is 0 Å². The first kappa shape index (κ1) is 11.0. The molecule has 0 N–H and O–H groups in total. The Balaban J connectivity index is 3.15. The smallest absolute Gasteiger partial charge is 0.000367 e. The van der Waals surface area contributed by atoms with Gasteiger partial charge in [-0.25, -0.2) is 0 Å². The zero-order valence-electron chi connectivity index (χ0n) is 8.43. The molecule has 67 valence electrons. The summed E-state index contributed by atoms with van der Waals surface area (Å²) >= 11 is 0. The average Bonchev–Trinajstić information content (AvgIpc) is 1.86. The molecule has 0 amide bonds. The molecule has 0 saturated heterocycles. The molecular formula is C10H22N. The maximum atomic E-state index is 2.43. The Hall–Kier alpha value is -0.0400. The summed E-state index contributed by atoms with van der Waals surface area (Å²) in [4.78, 5) is 2.24. The summed E-state index contributed by atoms with van der Waals surface area (Å²) in [5.74, 6) is 0.747. The minimum absolute atomic E-state index is 0.747. The molecule has 1 nitrogen and oxygen atoms in total. The zero-order valence-corrected chi connectivity index (χ0v) is 8.43. The van der Waals surface area contributed by atoms with E-state index < -0.39 is 0 Å². The standard InChI is InChI=1S/C10H22N/c1-5-6-7-8-10(2)9-11(3)4/h8,10H,5-7,9H2,1-4H3. The number of hydrogen-bond acceptors (Lipinski definition) is 1. The summed E-state index contributed by atoms with van der Waals surface area (Å²) in [5.41, 5.74) is 0. The first-order chi connectivity index (χ1) is 5.16. The van der Waals surface area contributed by atoms with Crippen molar-refractivity contribution in [3.05, 3.63) is 6.42 Å². The van der Waals surface area contributed by atoms with Crippen LogP contribution in [0.15, 0.2) is 0 Å². The normalized spacial score (nSPS) is 13.9. The second-order valence-electron chi connectivity index (χ2n) is 3.62. The number of unbranched alkanes of at least 4 members (excludes halogenated alkanes) is 2. The van der Waals surface area contributed by atoms with Crippen LogP contribution in [0, 0.1) is 12.3 Å². The molecule has 1 atom stereocenters. The fraction of sp³-hybridized carbons (Fsp3) is 0.900. The maximum Gasteiger partial charge on any atom is 0.000367 e. The highest BCUT2D eigenvalue weighted by atomic mass is 15.1. The van der Waals surface area contributed by atoms with Crippen LogP contribution >= 0.6 is 0 Å². The van der Waals surface area contributed by atoms with Gasteiger partial charge in [-0.1, -0.05) is 26.7 Å². The van der Waals surface area contributed by atoms with Crippen LogP contribution in [0.1, 0.15) is 33.1 Å². The lowest BCUT2D eigenvalue weighted by atomic mass is 10.0. The van der Waals surface area contributed by atoms with E-state index in [1.807, 2.05) is 0 Å². The Bertz CT molecular complexity index is 78.9. The quantitative estimate of drug-likeness (QED) is 0.534. The Labute approximate surface area is 71.8 Å². The lowest BCUT2D eigenvalue weighted by Crippen LogP contribution is -2.19. The van der Waals surface area contributed by atoms with Gasteiger partial charge in [0.05, 0.1) is 0 Å². The van der Waals surface area contributed by atoms with E-state index in [-0.39, 0.29) is 0 Å². The third-order valence-electron chi connectivity index (χ3n) is 1.78. The van der Waals surface area contributed by atoms with Gasteiger partial charge in [0.25, 0.3) is 0 Å². The van der Waals surface area contributed by atoms with Gasteiger partial charge in [0, 0.05) is 6.54 Å². The molecule has 0 saturated carbocycles. The van der Waals surface area contributed by atoms with E-state index in [1.54, 1.807) is 0 Å². The molecule has 0 aliphatic carbocycles. The van der Waals surface area contributed by atoms with E-state index in [0.717, 1.165) is 5.92 Å². The van der Waals surface area contributed by atoms with E-state index in [1.165, 1.54) is 25.8 Å². The van der Waals surface area contributed by atoms with Gasteiger partial charge in [0.15, 0.2) is 0 Å². The molecule has 0 bridgehead atoms. The molecule has 0 aromatic rings. The monoisotopic (exact) mass is 156 g/mol. The Morgan fingerprint density at radius 3 is 2.45 bits per heavy atom. The molecule has 1 unspecified atom stereocenters. The number of rotatable bonds is 6. The number of hydrogen-bond donors (Lipinski definition) is 0. The van der Waals surface area contributed by atoms with Crippen molar-refractivity contribution in [1.29, 1.82) is 0 Å². The summed E-state index contributed by atoms with van der Waals surface area (Å²) in [6, 6.07) is 0. The maximum absolute atomic E-state index is 2.43. The van der Waals surface area contributed by atoms with Crippen LogP contribution in [0.2, 0.25) is 0 Å². The number of nitrogens with zero attached hydrogens (tertiary/aromatic N) is 1. The van der Waals surface area contributed by atoms with Crippen LogP contribution in [0.3, 0.4) is 0 Å².